The Balaban J connectivity index is 1.65. The molecule has 0 bridgehead atoms. The molecule has 0 aliphatic heterocycles. The van der Waals surface area contributed by atoms with Gasteiger partial charge in [0, 0.05) is 6.04 Å². The van der Waals surface area contributed by atoms with Gasteiger partial charge in [-0.2, -0.15) is 0 Å². The van der Waals surface area contributed by atoms with Gasteiger partial charge in [-0.25, -0.2) is 13.1 Å². The minimum atomic E-state index is -3.16. The number of sulfonamides is 1. The van der Waals surface area contributed by atoms with E-state index in [2.05, 4.69) is 16.9 Å². The highest BCUT2D eigenvalue weighted by molar-refractivity contribution is 7.89. The molecule has 2 aliphatic rings. The van der Waals surface area contributed by atoms with Gasteiger partial charge >= 0.3 is 0 Å². The first-order valence-electron chi connectivity index (χ1n) is 7.72. The summed E-state index contributed by atoms with van der Waals surface area (Å²) in [6, 6.07) is 8.16. The Hall–Kier alpha value is -0.870. The molecule has 0 unspecified atom stereocenters. The molecule has 0 radical (unpaired) electrons. The summed E-state index contributed by atoms with van der Waals surface area (Å²) < 4.78 is 27.6. The first-order chi connectivity index (χ1) is 9.64. The number of nitrogens with one attached hydrogen (secondary N) is 1. The lowest BCUT2D eigenvalue weighted by Crippen LogP contribution is -2.33. The van der Waals surface area contributed by atoms with Crippen molar-refractivity contribution < 1.29 is 8.42 Å². The lowest BCUT2D eigenvalue weighted by Gasteiger charge is -2.22. The predicted molar refractivity (Wildman–Crippen MR) is 81.0 cm³/mol. The van der Waals surface area contributed by atoms with Gasteiger partial charge < -0.3 is 0 Å². The Bertz CT molecular complexity index is 562. The second kappa shape index (κ2) is 5.86. The molecule has 2 aliphatic carbocycles. The van der Waals surface area contributed by atoms with Crippen molar-refractivity contribution in [2.45, 2.75) is 51.0 Å². The van der Waals surface area contributed by atoms with Crippen LogP contribution in [0.25, 0.3) is 0 Å². The third-order valence-electron chi connectivity index (χ3n) is 4.63. The topological polar surface area (TPSA) is 46.2 Å². The second-order valence-corrected chi connectivity index (χ2v) is 7.99. The van der Waals surface area contributed by atoms with Gasteiger partial charge in [0.05, 0.1) is 5.75 Å². The molecule has 20 heavy (non-hydrogen) atoms. The van der Waals surface area contributed by atoms with Crippen molar-refractivity contribution in [1.29, 1.82) is 0 Å². The molecule has 1 atom stereocenters. The van der Waals surface area contributed by atoms with Crippen LogP contribution in [-0.4, -0.2) is 14.2 Å². The maximum Gasteiger partial charge on any atom is 0.212 e. The monoisotopic (exact) mass is 293 g/mol. The minimum absolute atomic E-state index is 0.0141. The van der Waals surface area contributed by atoms with Crippen LogP contribution < -0.4 is 4.72 Å². The largest absolute Gasteiger partial charge is 0.212 e. The zero-order valence-electron chi connectivity index (χ0n) is 11.8. The molecule has 0 aromatic heterocycles. The molecular weight excluding hydrogens is 270 g/mol. The Kier molecular flexibility index (Phi) is 4.13. The summed E-state index contributed by atoms with van der Waals surface area (Å²) in [7, 11) is -3.16. The summed E-state index contributed by atoms with van der Waals surface area (Å²) in [5, 5.41) is 0. The molecule has 0 heterocycles. The van der Waals surface area contributed by atoms with Crippen molar-refractivity contribution in [3.8, 4) is 0 Å². The molecular formula is C16H23NO2S. The number of benzene rings is 1. The molecule has 4 heteroatoms. The minimum Gasteiger partial charge on any atom is -0.212 e. The van der Waals surface area contributed by atoms with Gasteiger partial charge in [-0.1, -0.05) is 43.5 Å². The third-order valence-corrected chi connectivity index (χ3v) is 6.19. The Labute approximate surface area is 121 Å². The smallest absolute Gasteiger partial charge is 0.212 e. The van der Waals surface area contributed by atoms with E-state index in [4.69, 9.17) is 0 Å². The second-order valence-electron chi connectivity index (χ2n) is 6.19. The maximum atomic E-state index is 12.4. The van der Waals surface area contributed by atoms with Crippen molar-refractivity contribution in [2.24, 2.45) is 5.92 Å². The molecule has 0 spiro atoms. The fraction of sp³-hybridized carbons (Fsp3) is 0.625. The highest BCUT2D eigenvalue weighted by Crippen LogP contribution is 2.32. The van der Waals surface area contributed by atoms with E-state index in [1.54, 1.807) is 0 Å². The van der Waals surface area contributed by atoms with Crippen LogP contribution in [0.2, 0.25) is 0 Å². The number of hydrogen-bond acceptors (Lipinski definition) is 2. The van der Waals surface area contributed by atoms with E-state index in [0.29, 0.717) is 11.7 Å². The average Bonchev–Trinajstić information content (AvgIpc) is 2.82. The summed E-state index contributed by atoms with van der Waals surface area (Å²) in [5.41, 5.74) is 2.46. The number of hydrogen-bond donors (Lipinski definition) is 1. The molecule has 1 saturated carbocycles. The lowest BCUT2D eigenvalue weighted by atomic mass is 9.91. The van der Waals surface area contributed by atoms with Gasteiger partial charge in [0.1, 0.15) is 0 Å². The summed E-state index contributed by atoms with van der Waals surface area (Å²) in [6.45, 7) is 0. The van der Waals surface area contributed by atoms with E-state index in [9.17, 15) is 8.42 Å². The summed E-state index contributed by atoms with van der Waals surface area (Å²) in [4.78, 5) is 0. The van der Waals surface area contributed by atoms with Crippen molar-refractivity contribution in [1.82, 2.24) is 4.72 Å². The molecule has 1 aromatic carbocycles. The highest BCUT2D eigenvalue weighted by atomic mass is 32.2. The summed E-state index contributed by atoms with van der Waals surface area (Å²) in [6.07, 6.45) is 7.65. The Morgan fingerprint density at radius 2 is 1.80 bits per heavy atom. The molecule has 3 rings (SSSR count). The van der Waals surface area contributed by atoms with Gasteiger partial charge in [-0.15, -0.1) is 0 Å². The molecule has 3 nitrogen and oxygen atoms in total. The van der Waals surface area contributed by atoms with Gasteiger partial charge in [0.2, 0.25) is 10.0 Å². The SMILES string of the molecule is O=S(=O)(CC1CCCCC1)N[C@@H]1CCc2ccccc21. The van der Waals surface area contributed by atoms with Crippen LogP contribution in [-0.2, 0) is 16.4 Å². The van der Waals surface area contributed by atoms with Gasteiger partial charge in [0.25, 0.3) is 0 Å². The van der Waals surface area contributed by atoms with Gasteiger partial charge in [-0.05, 0) is 42.7 Å². The summed E-state index contributed by atoms with van der Waals surface area (Å²) >= 11 is 0. The normalized spacial score (nSPS) is 23.7. The summed E-state index contributed by atoms with van der Waals surface area (Å²) in [5.74, 6) is 0.670. The van der Waals surface area contributed by atoms with E-state index < -0.39 is 10.0 Å². The average molecular weight is 293 g/mol. The van der Waals surface area contributed by atoms with Crippen molar-refractivity contribution in [2.75, 3.05) is 5.75 Å². The predicted octanol–water partition coefficient (Wildman–Crippen LogP) is 3.17. The number of rotatable bonds is 4. The van der Waals surface area contributed by atoms with Crippen LogP contribution in [0.5, 0.6) is 0 Å². The van der Waals surface area contributed by atoms with Crippen molar-refractivity contribution in [3.63, 3.8) is 0 Å². The van der Waals surface area contributed by atoms with Crippen LogP contribution in [0.1, 0.15) is 55.7 Å². The molecule has 0 saturated heterocycles. The van der Waals surface area contributed by atoms with Crippen LogP contribution in [0.15, 0.2) is 24.3 Å². The lowest BCUT2D eigenvalue weighted by molar-refractivity contribution is 0.383. The number of aryl methyl sites for hydroxylation is 1. The van der Waals surface area contributed by atoms with Crippen LogP contribution in [0, 0.1) is 5.92 Å². The number of fused-ring (bicyclic) bond motifs is 1. The van der Waals surface area contributed by atoms with E-state index in [1.165, 1.54) is 30.4 Å². The van der Waals surface area contributed by atoms with E-state index >= 15 is 0 Å². The standard InChI is InChI=1S/C16H23NO2S/c18-20(19,12-13-6-2-1-3-7-13)17-16-11-10-14-8-4-5-9-15(14)16/h4-5,8-9,13,16-17H,1-3,6-7,10-12H2/t16-/m1/s1. The van der Waals surface area contributed by atoms with Gasteiger partial charge in [-0.3, -0.25) is 0 Å². The quantitative estimate of drug-likeness (QED) is 0.927. The highest BCUT2D eigenvalue weighted by Gasteiger charge is 2.28. The van der Waals surface area contributed by atoms with Crippen molar-refractivity contribution in [3.05, 3.63) is 35.4 Å². The Morgan fingerprint density at radius 1 is 1.05 bits per heavy atom. The molecule has 0 amide bonds. The third kappa shape index (κ3) is 3.23. The fourth-order valence-electron chi connectivity index (χ4n) is 3.61. The van der Waals surface area contributed by atoms with Crippen molar-refractivity contribution >= 4 is 10.0 Å². The van der Waals surface area contributed by atoms with E-state index in [1.807, 2.05) is 12.1 Å². The van der Waals surface area contributed by atoms with Crippen LogP contribution in [0.3, 0.4) is 0 Å². The van der Waals surface area contributed by atoms with Crippen LogP contribution in [0.4, 0.5) is 0 Å². The molecule has 1 aromatic rings. The van der Waals surface area contributed by atoms with E-state index in [0.717, 1.165) is 25.7 Å². The maximum absolute atomic E-state index is 12.4. The molecule has 110 valence electrons. The van der Waals surface area contributed by atoms with E-state index in [-0.39, 0.29) is 6.04 Å². The van der Waals surface area contributed by atoms with Crippen LogP contribution >= 0.6 is 0 Å². The van der Waals surface area contributed by atoms with Gasteiger partial charge in [0.15, 0.2) is 0 Å². The Morgan fingerprint density at radius 3 is 2.60 bits per heavy atom. The fourth-order valence-corrected chi connectivity index (χ4v) is 5.34. The first kappa shape index (κ1) is 14.1. The molecule has 1 fully saturated rings. The first-order valence-corrected chi connectivity index (χ1v) is 9.37. The zero-order chi connectivity index (χ0) is 14.0. The molecule has 1 N–H and O–H groups in total. The zero-order valence-corrected chi connectivity index (χ0v) is 12.7.